The van der Waals surface area contributed by atoms with E-state index >= 15 is 0 Å². The van der Waals surface area contributed by atoms with Gasteiger partial charge < -0.3 is 14.8 Å². The van der Waals surface area contributed by atoms with Crippen molar-refractivity contribution in [1.82, 2.24) is 5.32 Å². The van der Waals surface area contributed by atoms with Crippen LogP contribution >= 0.6 is 11.6 Å². The molecule has 1 N–H and O–H groups in total. The minimum absolute atomic E-state index is 0.0479. The molecule has 1 rings (SSSR count). The van der Waals surface area contributed by atoms with Crippen molar-refractivity contribution in [2.45, 2.75) is 45.9 Å². The second-order valence-electron chi connectivity index (χ2n) is 5.77. The molecule has 0 fully saturated rings. The third kappa shape index (κ3) is 5.06. The molecule has 1 unspecified atom stereocenters. The average Bonchev–Trinajstić information content (AvgIpc) is 2.37. The van der Waals surface area contributed by atoms with Crippen molar-refractivity contribution < 1.29 is 9.47 Å². The van der Waals surface area contributed by atoms with E-state index in [1.54, 1.807) is 13.2 Å². The summed E-state index contributed by atoms with van der Waals surface area (Å²) in [4.78, 5) is 0. The van der Waals surface area contributed by atoms with E-state index in [-0.39, 0.29) is 11.6 Å². The van der Waals surface area contributed by atoms with Gasteiger partial charge >= 0.3 is 0 Å². The van der Waals surface area contributed by atoms with Crippen molar-refractivity contribution in [2.24, 2.45) is 0 Å². The topological polar surface area (TPSA) is 30.5 Å². The Morgan fingerprint density at radius 1 is 1.40 bits per heavy atom. The van der Waals surface area contributed by atoms with Gasteiger partial charge in [-0.2, -0.15) is 0 Å². The third-order valence-electron chi connectivity index (χ3n) is 2.75. The molecular weight excluding hydrogens is 274 g/mol. The molecular formula is C16H24ClNO2. The lowest BCUT2D eigenvalue weighted by atomic mass is 10.1. The standard InChI is InChI=1S/C16H24ClNO2/c1-7-11(2)20-15-13(17)8-12(9-14(15)19-6)10-18-16(3,4)5/h7-9,11,18H,1,10H2,2-6H3. The lowest BCUT2D eigenvalue weighted by Crippen LogP contribution is -2.35. The fourth-order valence-corrected chi connectivity index (χ4v) is 1.87. The highest BCUT2D eigenvalue weighted by Gasteiger charge is 2.15. The first kappa shape index (κ1) is 16.9. The van der Waals surface area contributed by atoms with E-state index in [0.29, 0.717) is 16.5 Å². The van der Waals surface area contributed by atoms with Crippen molar-refractivity contribution >= 4 is 11.6 Å². The largest absolute Gasteiger partial charge is 0.493 e. The maximum Gasteiger partial charge on any atom is 0.180 e. The zero-order chi connectivity index (χ0) is 15.3. The van der Waals surface area contributed by atoms with E-state index in [0.717, 1.165) is 12.1 Å². The van der Waals surface area contributed by atoms with Crippen LogP contribution in [-0.4, -0.2) is 18.8 Å². The van der Waals surface area contributed by atoms with E-state index in [1.807, 2.05) is 19.1 Å². The van der Waals surface area contributed by atoms with Gasteiger partial charge in [0.1, 0.15) is 6.10 Å². The number of hydrogen-bond acceptors (Lipinski definition) is 3. The molecule has 1 aromatic carbocycles. The minimum atomic E-state index is -0.125. The molecule has 0 radical (unpaired) electrons. The summed E-state index contributed by atoms with van der Waals surface area (Å²) >= 11 is 6.30. The van der Waals surface area contributed by atoms with Gasteiger partial charge in [0, 0.05) is 12.1 Å². The molecule has 4 heteroatoms. The van der Waals surface area contributed by atoms with Crippen LogP contribution in [0.3, 0.4) is 0 Å². The Hall–Kier alpha value is -1.19. The van der Waals surface area contributed by atoms with E-state index in [9.17, 15) is 0 Å². The van der Waals surface area contributed by atoms with Gasteiger partial charge in [0.25, 0.3) is 0 Å². The van der Waals surface area contributed by atoms with Crippen LogP contribution in [0.2, 0.25) is 5.02 Å². The lowest BCUT2D eigenvalue weighted by Gasteiger charge is -2.22. The summed E-state index contributed by atoms with van der Waals surface area (Å²) in [6.07, 6.45) is 1.59. The van der Waals surface area contributed by atoms with Gasteiger partial charge in [-0.05, 0) is 45.4 Å². The van der Waals surface area contributed by atoms with Gasteiger partial charge in [0.2, 0.25) is 0 Å². The molecule has 0 aliphatic rings. The van der Waals surface area contributed by atoms with E-state index < -0.39 is 0 Å². The maximum atomic E-state index is 6.30. The van der Waals surface area contributed by atoms with E-state index in [2.05, 4.69) is 32.7 Å². The third-order valence-corrected chi connectivity index (χ3v) is 3.03. The molecule has 1 aromatic rings. The van der Waals surface area contributed by atoms with Crippen molar-refractivity contribution in [2.75, 3.05) is 7.11 Å². The van der Waals surface area contributed by atoms with Gasteiger partial charge in [0.05, 0.1) is 12.1 Å². The number of methoxy groups -OCH3 is 1. The van der Waals surface area contributed by atoms with Gasteiger partial charge in [-0.25, -0.2) is 0 Å². The summed E-state index contributed by atoms with van der Waals surface area (Å²) in [7, 11) is 1.61. The predicted molar refractivity (Wildman–Crippen MR) is 84.9 cm³/mol. The molecule has 0 bridgehead atoms. The number of benzene rings is 1. The number of halogens is 1. The SMILES string of the molecule is C=CC(C)Oc1c(Cl)cc(CNC(C)(C)C)cc1OC. The van der Waals surface area contributed by atoms with Crippen LogP contribution in [0.25, 0.3) is 0 Å². The Kier molecular flexibility index (Phi) is 5.90. The highest BCUT2D eigenvalue weighted by atomic mass is 35.5. The first-order valence-electron chi connectivity index (χ1n) is 6.67. The molecule has 0 saturated heterocycles. The highest BCUT2D eigenvalue weighted by Crippen LogP contribution is 2.37. The van der Waals surface area contributed by atoms with Gasteiger partial charge in [-0.15, -0.1) is 0 Å². The van der Waals surface area contributed by atoms with Gasteiger partial charge in [-0.1, -0.05) is 24.3 Å². The van der Waals surface area contributed by atoms with E-state index in [1.165, 1.54) is 0 Å². The molecule has 3 nitrogen and oxygen atoms in total. The second kappa shape index (κ2) is 7.00. The summed E-state index contributed by atoms with van der Waals surface area (Å²) in [5, 5.41) is 3.96. The normalized spacial score (nSPS) is 12.9. The fraction of sp³-hybridized carbons (Fsp3) is 0.500. The summed E-state index contributed by atoms with van der Waals surface area (Å²) in [6.45, 7) is 12.7. The van der Waals surface area contributed by atoms with Crippen LogP contribution in [0, 0.1) is 0 Å². The van der Waals surface area contributed by atoms with Crippen LogP contribution in [0.4, 0.5) is 0 Å². The Bertz CT molecular complexity index is 466. The molecule has 0 aliphatic carbocycles. The molecule has 0 heterocycles. The van der Waals surface area contributed by atoms with Crippen LogP contribution in [0.1, 0.15) is 33.3 Å². The molecule has 112 valence electrons. The molecule has 0 spiro atoms. The Balaban J connectivity index is 2.97. The monoisotopic (exact) mass is 297 g/mol. The van der Waals surface area contributed by atoms with Crippen LogP contribution in [0.15, 0.2) is 24.8 Å². The summed E-state index contributed by atoms with van der Waals surface area (Å²) in [6, 6.07) is 3.84. The summed E-state index contributed by atoms with van der Waals surface area (Å²) < 4.78 is 11.1. The Morgan fingerprint density at radius 2 is 2.05 bits per heavy atom. The quantitative estimate of drug-likeness (QED) is 0.799. The maximum absolute atomic E-state index is 6.30. The van der Waals surface area contributed by atoms with Crippen molar-refractivity contribution in [3.8, 4) is 11.5 Å². The van der Waals surface area contributed by atoms with E-state index in [4.69, 9.17) is 21.1 Å². The first-order valence-corrected chi connectivity index (χ1v) is 7.05. The summed E-state index contributed by atoms with van der Waals surface area (Å²) in [5.74, 6) is 1.19. The zero-order valence-corrected chi connectivity index (χ0v) is 13.7. The zero-order valence-electron chi connectivity index (χ0n) is 12.9. The Morgan fingerprint density at radius 3 is 2.55 bits per heavy atom. The van der Waals surface area contributed by atoms with Gasteiger partial charge in [-0.3, -0.25) is 0 Å². The molecule has 0 saturated carbocycles. The molecule has 0 amide bonds. The number of rotatable bonds is 6. The van der Waals surface area contributed by atoms with Crippen LogP contribution in [-0.2, 0) is 6.54 Å². The van der Waals surface area contributed by atoms with Crippen molar-refractivity contribution in [3.05, 3.63) is 35.4 Å². The minimum Gasteiger partial charge on any atom is -0.493 e. The number of ether oxygens (including phenoxy) is 2. The van der Waals surface area contributed by atoms with Crippen molar-refractivity contribution in [3.63, 3.8) is 0 Å². The Labute approximate surface area is 126 Å². The number of hydrogen-bond donors (Lipinski definition) is 1. The highest BCUT2D eigenvalue weighted by molar-refractivity contribution is 6.32. The summed E-state index contributed by atoms with van der Waals surface area (Å²) in [5.41, 5.74) is 1.10. The predicted octanol–water partition coefficient (Wildman–Crippen LogP) is 4.19. The smallest absolute Gasteiger partial charge is 0.180 e. The average molecular weight is 298 g/mol. The molecule has 20 heavy (non-hydrogen) atoms. The lowest BCUT2D eigenvalue weighted by molar-refractivity contribution is 0.254. The molecule has 0 aliphatic heterocycles. The van der Waals surface area contributed by atoms with Crippen molar-refractivity contribution in [1.29, 1.82) is 0 Å². The van der Waals surface area contributed by atoms with Crippen LogP contribution in [0.5, 0.6) is 11.5 Å². The molecule has 1 atom stereocenters. The van der Waals surface area contributed by atoms with Crippen LogP contribution < -0.4 is 14.8 Å². The van der Waals surface area contributed by atoms with Gasteiger partial charge in [0.15, 0.2) is 11.5 Å². The first-order chi connectivity index (χ1) is 9.26. The fourth-order valence-electron chi connectivity index (χ4n) is 1.59. The number of nitrogens with one attached hydrogen (secondary N) is 1. The second-order valence-corrected chi connectivity index (χ2v) is 6.18. The molecule has 0 aromatic heterocycles.